The summed E-state index contributed by atoms with van der Waals surface area (Å²) in [5, 5.41) is 0. The number of hydrogen-bond donors (Lipinski definition) is 0. The summed E-state index contributed by atoms with van der Waals surface area (Å²) < 4.78 is 0. The van der Waals surface area contributed by atoms with Crippen LogP contribution in [0.3, 0.4) is 0 Å². The molecule has 0 aliphatic heterocycles. The Morgan fingerprint density at radius 3 is 0.806 bits per heavy atom. The van der Waals surface area contributed by atoms with Crippen LogP contribution in [0.15, 0.2) is 237 Å². The molecule has 4 nitrogen and oxygen atoms in total. The Labute approximate surface area is 366 Å². The largest absolute Gasteiger partial charge is 0.337 e. The van der Waals surface area contributed by atoms with E-state index in [1.165, 1.54) is 22.3 Å². The third-order valence-corrected chi connectivity index (χ3v) is 11.2. The SMILES string of the molecule is Cc1cccc(N(c2ccccc2)c2ccc(CN(c3ccc(N(c4ccccc4)c4cccc(C)c4)cc3)c3ccc(N(c4ccccc4)c4cccc(C)c4)cc3)cc2)c1. The summed E-state index contributed by atoms with van der Waals surface area (Å²) in [5.41, 5.74) is 17.1. The first kappa shape index (κ1) is 39.6. The minimum atomic E-state index is 0.676. The van der Waals surface area contributed by atoms with Crippen LogP contribution in [0.4, 0.5) is 62.6 Å². The van der Waals surface area contributed by atoms with E-state index in [1.807, 2.05) is 0 Å². The van der Waals surface area contributed by atoms with Gasteiger partial charge in [-0.15, -0.1) is 0 Å². The molecule has 0 radical (unpaired) electrons. The van der Waals surface area contributed by atoms with Crippen LogP contribution >= 0.6 is 0 Å². The average Bonchev–Trinajstić information content (AvgIpc) is 3.31. The highest BCUT2D eigenvalue weighted by Gasteiger charge is 2.18. The predicted molar refractivity (Wildman–Crippen MR) is 263 cm³/mol. The third kappa shape index (κ3) is 8.86. The van der Waals surface area contributed by atoms with Gasteiger partial charge in [-0.05, 0) is 176 Å². The quantitative estimate of drug-likeness (QED) is 0.115. The van der Waals surface area contributed by atoms with Crippen LogP contribution in [0.5, 0.6) is 0 Å². The molecule has 4 heteroatoms. The van der Waals surface area contributed by atoms with Crippen molar-refractivity contribution in [2.24, 2.45) is 0 Å². The van der Waals surface area contributed by atoms with Gasteiger partial charge in [-0.1, -0.05) is 103 Å². The van der Waals surface area contributed by atoms with Gasteiger partial charge in [0.1, 0.15) is 0 Å². The number of para-hydroxylation sites is 3. The minimum absolute atomic E-state index is 0.676. The lowest BCUT2D eigenvalue weighted by Crippen LogP contribution is -2.17. The maximum atomic E-state index is 2.41. The molecule has 0 fully saturated rings. The molecule has 0 saturated heterocycles. The summed E-state index contributed by atoms with van der Waals surface area (Å²) >= 11 is 0. The molecule has 0 aliphatic carbocycles. The highest BCUT2D eigenvalue weighted by Crippen LogP contribution is 2.40. The van der Waals surface area contributed by atoms with Crippen LogP contribution in [-0.2, 0) is 6.54 Å². The molecule has 0 amide bonds. The van der Waals surface area contributed by atoms with Crippen molar-refractivity contribution in [2.75, 3.05) is 19.6 Å². The van der Waals surface area contributed by atoms with Crippen molar-refractivity contribution in [3.05, 3.63) is 259 Å². The Morgan fingerprint density at radius 2 is 0.500 bits per heavy atom. The number of rotatable bonds is 13. The van der Waals surface area contributed by atoms with Crippen LogP contribution in [-0.4, -0.2) is 0 Å². The molecule has 0 aliphatic rings. The summed E-state index contributed by atoms with van der Waals surface area (Å²) in [6.07, 6.45) is 0. The van der Waals surface area contributed by atoms with E-state index in [1.54, 1.807) is 0 Å². The zero-order valence-corrected chi connectivity index (χ0v) is 35.5. The summed E-state index contributed by atoms with van der Waals surface area (Å²) in [6.45, 7) is 7.11. The van der Waals surface area contributed by atoms with Crippen molar-refractivity contribution in [3.8, 4) is 0 Å². The molecule has 0 heterocycles. The molecular weight excluding hydrogens is 753 g/mol. The van der Waals surface area contributed by atoms with Crippen LogP contribution in [0.1, 0.15) is 22.3 Å². The molecule has 302 valence electrons. The van der Waals surface area contributed by atoms with Crippen molar-refractivity contribution in [1.82, 2.24) is 0 Å². The fourth-order valence-corrected chi connectivity index (χ4v) is 8.20. The van der Waals surface area contributed by atoms with Crippen molar-refractivity contribution in [1.29, 1.82) is 0 Å². The Kier molecular flexibility index (Phi) is 11.6. The summed E-state index contributed by atoms with van der Waals surface area (Å²) in [6, 6.07) is 84.9. The maximum absolute atomic E-state index is 2.41. The van der Waals surface area contributed by atoms with E-state index in [-0.39, 0.29) is 0 Å². The first-order chi connectivity index (χ1) is 30.5. The van der Waals surface area contributed by atoms with Gasteiger partial charge in [0.05, 0.1) is 0 Å². The lowest BCUT2D eigenvalue weighted by Gasteiger charge is -2.30. The average molecular weight is 803 g/mol. The summed E-state index contributed by atoms with van der Waals surface area (Å²) in [7, 11) is 0. The van der Waals surface area contributed by atoms with Crippen molar-refractivity contribution < 1.29 is 0 Å². The summed E-state index contributed by atoms with van der Waals surface area (Å²) in [5.74, 6) is 0. The molecule has 0 N–H and O–H groups in total. The molecule has 0 bridgehead atoms. The van der Waals surface area contributed by atoms with Gasteiger partial charge >= 0.3 is 0 Å². The van der Waals surface area contributed by atoms with E-state index < -0.39 is 0 Å². The highest BCUT2D eigenvalue weighted by atomic mass is 15.2. The first-order valence-electron chi connectivity index (χ1n) is 21.3. The van der Waals surface area contributed by atoms with E-state index in [9.17, 15) is 0 Å². The van der Waals surface area contributed by atoms with Crippen LogP contribution in [0.2, 0.25) is 0 Å². The fourth-order valence-electron chi connectivity index (χ4n) is 8.20. The Balaban J connectivity index is 1.09. The van der Waals surface area contributed by atoms with Gasteiger partial charge in [0.15, 0.2) is 0 Å². The first-order valence-corrected chi connectivity index (χ1v) is 21.3. The smallest absolute Gasteiger partial charge is 0.0481 e. The van der Waals surface area contributed by atoms with Gasteiger partial charge < -0.3 is 19.6 Å². The number of benzene rings is 9. The standard InChI is InChI=1S/C58H50N4/c1-44-16-13-25-56(40-44)60(50-19-7-4-8-20-50)53-30-28-47(29-31-53)43-59(48-32-36-54(37-33-48)61(51-21-9-5-10-22-51)57-26-14-17-45(2)41-57)49-34-38-55(39-35-49)62(52-23-11-6-12-24-52)58-27-15-18-46(3)42-58/h4-42H,43H2,1-3H3. The number of anilines is 11. The Morgan fingerprint density at radius 1 is 0.242 bits per heavy atom. The monoisotopic (exact) mass is 802 g/mol. The van der Waals surface area contributed by atoms with E-state index >= 15 is 0 Å². The summed E-state index contributed by atoms with van der Waals surface area (Å²) in [4.78, 5) is 9.39. The topological polar surface area (TPSA) is 13.0 Å². The fraction of sp³-hybridized carbons (Fsp3) is 0.0690. The van der Waals surface area contributed by atoms with Crippen molar-refractivity contribution >= 4 is 62.6 Å². The Bertz CT molecular complexity index is 2710. The van der Waals surface area contributed by atoms with E-state index in [4.69, 9.17) is 0 Å². The van der Waals surface area contributed by atoms with E-state index in [0.717, 1.165) is 62.6 Å². The van der Waals surface area contributed by atoms with Crippen LogP contribution < -0.4 is 19.6 Å². The molecule has 0 saturated carbocycles. The zero-order chi connectivity index (χ0) is 42.3. The predicted octanol–water partition coefficient (Wildman–Crippen LogP) is 16.4. The Hall–Kier alpha value is -7.82. The molecule has 9 aromatic carbocycles. The number of nitrogens with zero attached hydrogens (tertiary/aromatic N) is 4. The lowest BCUT2D eigenvalue weighted by atomic mass is 10.1. The number of hydrogen-bond acceptors (Lipinski definition) is 4. The lowest BCUT2D eigenvalue weighted by molar-refractivity contribution is 0.974. The van der Waals surface area contributed by atoms with Crippen LogP contribution in [0, 0.1) is 20.8 Å². The van der Waals surface area contributed by atoms with Gasteiger partial charge in [-0.3, -0.25) is 0 Å². The number of aryl methyl sites for hydroxylation is 3. The third-order valence-electron chi connectivity index (χ3n) is 11.2. The van der Waals surface area contributed by atoms with E-state index in [0.29, 0.717) is 6.54 Å². The molecule has 0 unspecified atom stereocenters. The molecule has 9 aromatic rings. The van der Waals surface area contributed by atoms with E-state index in [2.05, 4.69) is 277 Å². The van der Waals surface area contributed by atoms with Gasteiger partial charge in [0.25, 0.3) is 0 Å². The maximum Gasteiger partial charge on any atom is 0.0481 e. The zero-order valence-electron chi connectivity index (χ0n) is 35.5. The molecule has 0 spiro atoms. The second-order valence-electron chi connectivity index (χ2n) is 15.8. The normalized spacial score (nSPS) is 10.9. The minimum Gasteiger partial charge on any atom is -0.337 e. The van der Waals surface area contributed by atoms with Gasteiger partial charge in [0, 0.05) is 69.1 Å². The molecule has 62 heavy (non-hydrogen) atoms. The second-order valence-corrected chi connectivity index (χ2v) is 15.8. The molecule has 0 aromatic heterocycles. The van der Waals surface area contributed by atoms with Crippen molar-refractivity contribution in [2.45, 2.75) is 27.3 Å². The molecule has 9 rings (SSSR count). The van der Waals surface area contributed by atoms with Crippen molar-refractivity contribution in [3.63, 3.8) is 0 Å². The van der Waals surface area contributed by atoms with Gasteiger partial charge in [-0.25, -0.2) is 0 Å². The van der Waals surface area contributed by atoms with Gasteiger partial charge in [0.2, 0.25) is 0 Å². The van der Waals surface area contributed by atoms with Gasteiger partial charge in [-0.2, -0.15) is 0 Å². The molecular formula is C58H50N4. The second kappa shape index (κ2) is 18.2. The molecule has 0 atom stereocenters. The highest BCUT2D eigenvalue weighted by molar-refractivity contribution is 5.81. The van der Waals surface area contributed by atoms with Crippen LogP contribution in [0.25, 0.3) is 0 Å².